The fourth-order valence-electron chi connectivity index (χ4n) is 1.67. The first-order valence-electron chi connectivity index (χ1n) is 5.81. The van der Waals surface area contributed by atoms with Gasteiger partial charge in [-0.05, 0) is 38.6 Å². The molecule has 0 radical (unpaired) electrons. The Morgan fingerprint density at radius 2 is 2.22 bits per heavy atom. The van der Waals surface area contributed by atoms with Gasteiger partial charge in [-0.15, -0.1) is 0 Å². The second kappa shape index (κ2) is 6.73. The van der Waals surface area contributed by atoms with Crippen LogP contribution in [0.25, 0.3) is 0 Å². The lowest BCUT2D eigenvalue weighted by atomic mass is 10.2. The van der Waals surface area contributed by atoms with Crippen molar-refractivity contribution in [2.75, 3.05) is 25.5 Å². The highest BCUT2D eigenvalue weighted by molar-refractivity contribution is 6.33. The van der Waals surface area contributed by atoms with E-state index in [1.165, 1.54) is 0 Å². The summed E-state index contributed by atoms with van der Waals surface area (Å²) in [6, 6.07) is 5.47. The first kappa shape index (κ1) is 15.0. The van der Waals surface area contributed by atoms with Crippen molar-refractivity contribution >= 4 is 23.2 Å². The second-order valence-corrected chi connectivity index (χ2v) is 4.98. The maximum atomic E-state index is 11.7. The van der Waals surface area contributed by atoms with Crippen molar-refractivity contribution in [2.24, 2.45) is 0 Å². The molecule has 1 aromatic rings. The van der Waals surface area contributed by atoms with Crippen molar-refractivity contribution in [1.29, 1.82) is 0 Å². The number of hydrogen-bond donors (Lipinski definition) is 2. The molecule has 0 heterocycles. The van der Waals surface area contributed by atoms with Crippen molar-refractivity contribution in [3.63, 3.8) is 0 Å². The number of benzene rings is 1. The summed E-state index contributed by atoms with van der Waals surface area (Å²) in [5, 5.41) is 12.5. The summed E-state index contributed by atoms with van der Waals surface area (Å²) in [6.45, 7) is 4.29. The lowest BCUT2D eigenvalue weighted by Crippen LogP contribution is -2.34. The number of hydrogen-bond acceptors (Lipinski definition) is 3. The number of aliphatic hydroxyl groups is 1. The van der Waals surface area contributed by atoms with E-state index in [-0.39, 0.29) is 12.5 Å². The standard InChI is InChI=1S/C13H19ClN2O2/c1-9-4-5-12(11(14)6-9)15-13(18)8-16(3)7-10(2)17/h4-6,10,17H,7-8H2,1-3H3,(H,15,18). The number of aliphatic hydroxyl groups excluding tert-OH is 1. The van der Waals surface area contributed by atoms with Crippen LogP contribution >= 0.6 is 11.6 Å². The van der Waals surface area contributed by atoms with Crippen molar-refractivity contribution in [3.8, 4) is 0 Å². The zero-order chi connectivity index (χ0) is 13.7. The van der Waals surface area contributed by atoms with E-state index in [0.29, 0.717) is 17.3 Å². The van der Waals surface area contributed by atoms with Gasteiger partial charge in [-0.1, -0.05) is 17.7 Å². The van der Waals surface area contributed by atoms with E-state index in [4.69, 9.17) is 11.6 Å². The molecule has 1 aromatic carbocycles. The molecule has 1 rings (SSSR count). The summed E-state index contributed by atoms with van der Waals surface area (Å²) in [5.41, 5.74) is 1.65. The fraction of sp³-hybridized carbons (Fsp3) is 0.462. The van der Waals surface area contributed by atoms with Crippen molar-refractivity contribution in [2.45, 2.75) is 20.0 Å². The largest absolute Gasteiger partial charge is 0.392 e. The van der Waals surface area contributed by atoms with Crippen LogP contribution in [-0.4, -0.2) is 42.2 Å². The Balaban J connectivity index is 2.54. The van der Waals surface area contributed by atoms with Crippen LogP contribution in [0.5, 0.6) is 0 Å². The van der Waals surface area contributed by atoms with Gasteiger partial charge in [0.2, 0.25) is 5.91 Å². The Labute approximate surface area is 113 Å². The minimum absolute atomic E-state index is 0.149. The Hall–Kier alpha value is -1.10. The molecule has 0 aliphatic rings. The van der Waals surface area contributed by atoms with Gasteiger partial charge in [0.1, 0.15) is 0 Å². The van der Waals surface area contributed by atoms with Gasteiger partial charge in [0, 0.05) is 6.54 Å². The van der Waals surface area contributed by atoms with E-state index in [1.807, 2.05) is 13.0 Å². The molecule has 5 heteroatoms. The number of nitrogens with zero attached hydrogens (tertiary/aromatic N) is 1. The molecule has 0 saturated carbocycles. The summed E-state index contributed by atoms with van der Waals surface area (Å²) >= 11 is 6.03. The van der Waals surface area contributed by atoms with Crippen molar-refractivity contribution in [1.82, 2.24) is 4.90 Å². The van der Waals surface area contributed by atoms with Crippen LogP contribution in [0.4, 0.5) is 5.69 Å². The van der Waals surface area contributed by atoms with Crippen LogP contribution in [0.2, 0.25) is 5.02 Å². The number of halogens is 1. The maximum absolute atomic E-state index is 11.7. The van der Waals surface area contributed by atoms with E-state index in [2.05, 4.69) is 5.32 Å². The topological polar surface area (TPSA) is 52.6 Å². The van der Waals surface area contributed by atoms with Gasteiger partial charge in [0.25, 0.3) is 0 Å². The molecule has 0 fully saturated rings. The van der Waals surface area contributed by atoms with Gasteiger partial charge in [0.15, 0.2) is 0 Å². The fourth-order valence-corrected chi connectivity index (χ4v) is 1.95. The van der Waals surface area contributed by atoms with E-state index >= 15 is 0 Å². The number of likely N-dealkylation sites (N-methyl/N-ethyl adjacent to an activating group) is 1. The average molecular weight is 271 g/mol. The van der Waals surface area contributed by atoms with Crippen molar-refractivity contribution < 1.29 is 9.90 Å². The Morgan fingerprint density at radius 1 is 1.56 bits per heavy atom. The molecule has 1 unspecified atom stereocenters. The predicted octanol–water partition coefficient (Wildman–Crippen LogP) is 1.90. The Kier molecular flexibility index (Phi) is 5.59. The highest BCUT2D eigenvalue weighted by atomic mass is 35.5. The second-order valence-electron chi connectivity index (χ2n) is 4.58. The molecular weight excluding hydrogens is 252 g/mol. The third-order valence-electron chi connectivity index (χ3n) is 2.39. The van der Waals surface area contributed by atoms with E-state index in [9.17, 15) is 9.90 Å². The van der Waals surface area contributed by atoms with Crippen LogP contribution in [0.15, 0.2) is 18.2 Å². The summed E-state index contributed by atoms with van der Waals surface area (Å²) < 4.78 is 0. The minimum Gasteiger partial charge on any atom is -0.392 e. The summed E-state index contributed by atoms with van der Waals surface area (Å²) in [4.78, 5) is 13.5. The average Bonchev–Trinajstić information content (AvgIpc) is 2.20. The lowest BCUT2D eigenvalue weighted by molar-refractivity contribution is -0.117. The van der Waals surface area contributed by atoms with Crippen LogP contribution < -0.4 is 5.32 Å². The third kappa shape index (κ3) is 5.04. The molecule has 18 heavy (non-hydrogen) atoms. The smallest absolute Gasteiger partial charge is 0.238 e. The monoisotopic (exact) mass is 270 g/mol. The van der Waals surface area contributed by atoms with Gasteiger partial charge in [-0.3, -0.25) is 9.69 Å². The summed E-state index contributed by atoms with van der Waals surface area (Å²) in [7, 11) is 1.78. The number of anilines is 1. The first-order chi connectivity index (χ1) is 8.38. The van der Waals surface area contributed by atoms with Gasteiger partial charge in [-0.25, -0.2) is 0 Å². The van der Waals surface area contributed by atoms with Gasteiger partial charge < -0.3 is 10.4 Å². The third-order valence-corrected chi connectivity index (χ3v) is 2.70. The predicted molar refractivity (Wildman–Crippen MR) is 74.0 cm³/mol. The molecule has 0 aromatic heterocycles. The van der Waals surface area contributed by atoms with E-state index in [1.54, 1.807) is 31.0 Å². The Bertz CT molecular complexity index is 421. The van der Waals surface area contributed by atoms with Crippen molar-refractivity contribution in [3.05, 3.63) is 28.8 Å². The van der Waals surface area contributed by atoms with E-state index < -0.39 is 6.10 Å². The van der Waals surface area contributed by atoms with E-state index in [0.717, 1.165) is 5.56 Å². The van der Waals surface area contributed by atoms with Gasteiger partial charge >= 0.3 is 0 Å². The molecule has 1 amide bonds. The number of amides is 1. The summed E-state index contributed by atoms with van der Waals surface area (Å²) in [5.74, 6) is -0.149. The molecule has 0 aliphatic heterocycles. The molecule has 0 bridgehead atoms. The number of rotatable bonds is 5. The molecular formula is C13H19ClN2O2. The maximum Gasteiger partial charge on any atom is 0.238 e. The van der Waals surface area contributed by atoms with Crippen LogP contribution in [0.1, 0.15) is 12.5 Å². The number of carbonyl (C=O) groups is 1. The molecule has 0 spiro atoms. The molecule has 0 aliphatic carbocycles. The zero-order valence-electron chi connectivity index (χ0n) is 10.9. The van der Waals surface area contributed by atoms with Crippen LogP contribution in [0, 0.1) is 6.92 Å². The number of carbonyl (C=O) groups excluding carboxylic acids is 1. The number of nitrogens with one attached hydrogen (secondary N) is 1. The number of aryl methyl sites for hydroxylation is 1. The van der Waals surface area contributed by atoms with Gasteiger partial charge in [-0.2, -0.15) is 0 Å². The molecule has 100 valence electrons. The minimum atomic E-state index is -0.453. The SMILES string of the molecule is Cc1ccc(NC(=O)CN(C)CC(C)O)c(Cl)c1. The zero-order valence-corrected chi connectivity index (χ0v) is 11.7. The normalized spacial score (nSPS) is 12.6. The highest BCUT2D eigenvalue weighted by Gasteiger charge is 2.10. The molecule has 4 nitrogen and oxygen atoms in total. The Morgan fingerprint density at radius 3 is 2.78 bits per heavy atom. The van der Waals surface area contributed by atoms with Gasteiger partial charge in [0.05, 0.1) is 23.4 Å². The highest BCUT2D eigenvalue weighted by Crippen LogP contribution is 2.22. The molecule has 0 saturated heterocycles. The summed E-state index contributed by atoms with van der Waals surface area (Å²) in [6.07, 6.45) is -0.453. The lowest BCUT2D eigenvalue weighted by Gasteiger charge is -2.18. The molecule has 2 N–H and O–H groups in total. The van der Waals surface area contributed by atoms with Crippen LogP contribution in [-0.2, 0) is 4.79 Å². The first-order valence-corrected chi connectivity index (χ1v) is 6.19. The quantitative estimate of drug-likeness (QED) is 0.859. The molecule has 1 atom stereocenters. The van der Waals surface area contributed by atoms with Crippen LogP contribution in [0.3, 0.4) is 0 Å².